The van der Waals surface area contributed by atoms with Crippen LogP contribution in [0.4, 0.5) is 0 Å². The minimum absolute atomic E-state index is 0.0172. The lowest BCUT2D eigenvalue weighted by Crippen LogP contribution is -2.50. The second kappa shape index (κ2) is 16.6. The number of unbranched alkanes of at least 4 members (excludes halogenated alkanes) is 1. The maximum Gasteiger partial charge on any atom is 0.245 e. The highest BCUT2D eigenvalue weighted by Crippen LogP contribution is 2.32. The monoisotopic (exact) mass is 639 g/mol. The second-order valence-corrected chi connectivity index (χ2v) is 13.5. The third-order valence-corrected chi connectivity index (χ3v) is 10.6. The molecule has 1 aliphatic rings. The number of carbonyl (C=O) groups is 2. The molecule has 3 rings (SSSR count). The molecule has 0 spiro atoms. The number of nitrogens with zero attached hydrogens (tertiary/aromatic N) is 3. The number of hydrogen-bond acceptors (Lipinski definition) is 6. The number of sulfonamides is 1. The van der Waals surface area contributed by atoms with E-state index in [0.29, 0.717) is 36.6 Å². The SMILES string of the molecule is Cc1c(Cl)ccc(S(=O)(=O)N(CCc2ccccc2)CC(=O)NCC(=O)N(CCCCN)CC2CCCCN2C)c1Cl. The predicted octanol–water partition coefficient (Wildman–Crippen LogP) is 3.70. The number of carbonyl (C=O) groups excluding carboxylic acids is 2. The molecule has 0 aromatic heterocycles. The molecule has 9 nitrogen and oxygen atoms in total. The smallest absolute Gasteiger partial charge is 0.245 e. The Kier molecular flexibility index (Phi) is 13.5. The molecule has 42 heavy (non-hydrogen) atoms. The molecule has 0 aliphatic carbocycles. The lowest BCUT2D eigenvalue weighted by Gasteiger charge is -2.36. The maximum absolute atomic E-state index is 13.7. The molecule has 1 fully saturated rings. The van der Waals surface area contributed by atoms with Gasteiger partial charge in [-0.25, -0.2) is 8.42 Å². The van der Waals surface area contributed by atoms with Crippen molar-refractivity contribution in [2.75, 3.05) is 52.9 Å². The van der Waals surface area contributed by atoms with Gasteiger partial charge in [0.15, 0.2) is 0 Å². The molecule has 2 aromatic rings. The minimum Gasteiger partial charge on any atom is -0.346 e. The van der Waals surface area contributed by atoms with Gasteiger partial charge in [0.2, 0.25) is 21.8 Å². The average Bonchev–Trinajstić information content (AvgIpc) is 2.97. The molecule has 1 aliphatic heterocycles. The van der Waals surface area contributed by atoms with E-state index in [2.05, 4.69) is 17.3 Å². The number of nitrogens with one attached hydrogen (secondary N) is 1. The Balaban J connectivity index is 1.72. The van der Waals surface area contributed by atoms with Crippen molar-refractivity contribution in [3.05, 3.63) is 63.6 Å². The molecular formula is C30H43Cl2N5O4S. The van der Waals surface area contributed by atoms with E-state index in [1.54, 1.807) is 11.8 Å². The van der Waals surface area contributed by atoms with Crippen LogP contribution in [0.5, 0.6) is 0 Å². The van der Waals surface area contributed by atoms with Crippen LogP contribution in [-0.4, -0.2) is 93.2 Å². The number of rotatable bonds is 15. The Morgan fingerprint density at radius 1 is 1.07 bits per heavy atom. The van der Waals surface area contributed by atoms with Gasteiger partial charge in [-0.15, -0.1) is 0 Å². The van der Waals surface area contributed by atoms with Gasteiger partial charge in [0, 0.05) is 30.7 Å². The Morgan fingerprint density at radius 2 is 1.81 bits per heavy atom. The van der Waals surface area contributed by atoms with E-state index in [-0.39, 0.29) is 35.0 Å². The van der Waals surface area contributed by atoms with Crippen molar-refractivity contribution in [1.82, 2.24) is 19.4 Å². The van der Waals surface area contributed by atoms with Crippen LogP contribution in [0, 0.1) is 6.92 Å². The molecule has 1 unspecified atom stereocenters. The van der Waals surface area contributed by atoms with E-state index in [0.717, 1.165) is 48.5 Å². The summed E-state index contributed by atoms with van der Waals surface area (Å²) in [5, 5.41) is 3.03. The zero-order chi connectivity index (χ0) is 30.7. The van der Waals surface area contributed by atoms with Crippen LogP contribution in [0.2, 0.25) is 10.0 Å². The summed E-state index contributed by atoms with van der Waals surface area (Å²) in [7, 11) is -2.09. The highest BCUT2D eigenvalue weighted by molar-refractivity contribution is 7.89. The first-order valence-electron chi connectivity index (χ1n) is 14.5. The summed E-state index contributed by atoms with van der Waals surface area (Å²) in [6.45, 7) is 3.70. The molecule has 1 heterocycles. The molecule has 0 radical (unpaired) electrons. The molecule has 0 saturated carbocycles. The molecular weight excluding hydrogens is 597 g/mol. The van der Waals surface area contributed by atoms with Crippen LogP contribution >= 0.6 is 23.2 Å². The fourth-order valence-electron chi connectivity index (χ4n) is 5.05. The third-order valence-electron chi connectivity index (χ3n) is 7.74. The number of halogens is 2. The number of amides is 2. The van der Waals surface area contributed by atoms with Crippen molar-refractivity contribution in [1.29, 1.82) is 0 Å². The first-order valence-corrected chi connectivity index (χ1v) is 16.7. The molecule has 3 N–H and O–H groups in total. The largest absolute Gasteiger partial charge is 0.346 e. The molecule has 1 saturated heterocycles. The van der Waals surface area contributed by atoms with Crippen LogP contribution in [0.15, 0.2) is 47.4 Å². The standard InChI is InChI=1S/C30H43Cl2N5O4S/c1-23-26(31)13-14-27(30(23)32)42(40,41)37(19-15-24-10-4-3-5-11-24)22-28(38)34-20-29(39)36(18-9-7-16-33)21-25-12-6-8-17-35(25)2/h3-5,10-11,13-14,25H,6-9,12,15-22,33H2,1-2H3,(H,34,38). The van der Waals surface area contributed by atoms with Crippen LogP contribution < -0.4 is 11.1 Å². The summed E-state index contributed by atoms with van der Waals surface area (Å²) in [5.41, 5.74) is 7.03. The van der Waals surface area contributed by atoms with Gasteiger partial charge >= 0.3 is 0 Å². The zero-order valence-electron chi connectivity index (χ0n) is 24.5. The lowest BCUT2D eigenvalue weighted by atomic mass is 10.0. The van der Waals surface area contributed by atoms with Gasteiger partial charge < -0.3 is 20.9 Å². The van der Waals surface area contributed by atoms with E-state index < -0.39 is 22.5 Å². The van der Waals surface area contributed by atoms with Crippen molar-refractivity contribution < 1.29 is 18.0 Å². The zero-order valence-corrected chi connectivity index (χ0v) is 26.9. The van der Waals surface area contributed by atoms with Gasteiger partial charge in [-0.2, -0.15) is 4.31 Å². The lowest BCUT2D eigenvalue weighted by molar-refractivity contribution is -0.133. The van der Waals surface area contributed by atoms with Crippen molar-refractivity contribution in [2.24, 2.45) is 5.73 Å². The van der Waals surface area contributed by atoms with Crippen LogP contribution in [0.3, 0.4) is 0 Å². The fourth-order valence-corrected chi connectivity index (χ4v) is 7.23. The Labute approximate surface area is 260 Å². The van der Waals surface area contributed by atoms with Gasteiger partial charge in [-0.3, -0.25) is 9.59 Å². The Morgan fingerprint density at radius 3 is 2.50 bits per heavy atom. The van der Waals surface area contributed by atoms with Crippen molar-refractivity contribution >= 4 is 45.0 Å². The Bertz CT molecular complexity index is 1300. The van der Waals surface area contributed by atoms with E-state index in [4.69, 9.17) is 28.9 Å². The number of benzene rings is 2. The predicted molar refractivity (Wildman–Crippen MR) is 168 cm³/mol. The third kappa shape index (κ3) is 9.65. The molecule has 12 heteroatoms. The van der Waals surface area contributed by atoms with E-state index in [1.165, 1.54) is 12.1 Å². The molecule has 232 valence electrons. The van der Waals surface area contributed by atoms with Crippen LogP contribution in [0.1, 0.15) is 43.2 Å². The van der Waals surface area contributed by atoms with E-state index in [1.807, 2.05) is 30.3 Å². The highest BCUT2D eigenvalue weighted by atomic mass is 35.5. The molecule has 2 aromatic carbocycles. The average molecular weight is 641 g/mol. The van der Waals surface area contributed by atoms with Crippen molar-refractivity contribution in [2.45, 2.75) is 56.4 Å². The number of hydrogen-bond donors (Lipinski definition) is 2. The van der Waals surface area contributed by atoms with Gasteiger partial charge in [-0.05, 0) is 82.4 Å². The number of piperidine rings is 1. The van der Waals surface area contributed by atoms with E-state index in [9.17, 15) is 18.0 Å². The maximum atomic E-state index is 13.7. The van der Waals surface area contributed by atoms with Crippen LogP contribution in [0.25, 0.3) is 0 Å². The summed E-state index contributed by atoms with van der Waals surface area (Å²) >= 11 is 12.6. The number of likely N-dealkylation sites (tertiary alicyclic amines) is 1. The normalized spacial score (nSPS) is 16.0. The molecule has 1 atom stereocenters. The van der Waals surface area contributed by atoms with Crippen molar-refractivity contribution in [3.8, 4) is 0 Å². The van der Waals surface area contributed by atoms with Gasteiger partial charge in [0.05, 0.1) is 18.1 Å². The highest BCUT2D eigenvalue weighted by Gasteiger charge is 2.30. The molecule has 2 amide bonds. The van der Waals surface area contributed by atoms with E-state index >= 15 is 0 Å². The quantitative estimate of drug-likeness (QED) is 0.287. The van der Waals surface area contributed by atoms with Crippen LogP contribution in [-0.2, 0) is 26.0 Å². The summed E-state index contributed by atoms with van der Waals surface area (Å²) in [4.78, 5) is 30.3. The first-order chi connectivity index (χ1) is 20.0. The summed E-state index contributed by atoms with van der Waals surface area (Å²) in [5.74, 6) is -0.770. The number of nitrogens with two attached hydrogens (primary N) is 1. The molecule has 0 bridgehead atoms. The summed E-state index contributed by atoms with van der Waals surface area (Å²) < 4.78 is 28.6. The minimum atomic E-state index is -4.16. The fraction of sp³-hybridized carbons (Fsp3) is 0.533. The van der Waals surface area contributed by atoms with Gasteiger partial charge in [0.25, 0.3) is 0 Å². The van der Waals surface area contributed by atoms with Crippen molar-refractivity contribution in [3.63, 3.8) is 0 Å². The second-order valence-electron chi connectivity index (χ2n) is 10.8. The number of likely N-dealkylation sites (N-methyl/N-ethyl adjacent to an activating group) is 1. The topological polar surface area (TPSA) is 116 Å². The van der Waals surface area contributed by atoms with Gasteiger partial charge in [-0.1, -0.05) is 60.0 Å². The summed E-state index contributed by atoms with van der Waals surface area (Å²) in [6.07, 6.45) is 5.26. The Hall–Kier alpha value is -2.21. The first kappa shape index (κ1) is 34.3. The summed E-state index contributed by atoms with van der Waals surface area (Å²) in [6, 6.07) is 12.5. The van der Waals surface area contributed by atoms with Gasteiger partial charge in [0.1, 0.15) is 4.90 Å².